The van der Waals surface area contributed by atoms with Crippen molar-refractivity contribution < 1.29 is 9.59 Å². The van der Waals surface area contributed by atoms with Crippen LogP contribution in [0.5, 0.6) is 0 Å². The minimum atomic E-state index is -0.421. The van der Waals surface area contributed by atoms with Gasteiger partial charge in [0.05, 0.1) is 17.4 Å². The summed E-state index contributed by atoms with van der Waals surface area (Å²) in [5.41, 5.74) is 7.82. The molecule has 0 saturated carbocycles. The molecule has 0 spiro atoms. The van der Waals surface area contributed by atoms with Crippen LogP contribution in [0.2, 0.25) is 0 Å². The van der Waals surface area contributed by atoms with Crippen LogP contribution in [0, 0.1) is 0 Å². The second-order valence-electron chi connectivity index (χ2n) is 8.54. The maximum absolute atomic E-state index is 13.1. The van der Waals surface area contributed by atoms with Gasteiger partial charge in [0.25, 0.3) is 11.8 Å². The first kappa shape index (κ1) is 23.6. The third-order valence-corrected chi connectivity index (χ3v) is 6.07. The largest absolute Gasteiger partial charge is 0.404 e. The highest BCUT2D eigenvalue weighted by Gasteiger charge is 2.24. The van der Waals surface area contributed by atoms with Crippen LogP contribution in [0.15, 0.2) is 35.6 Å². The number of pyridine rings is 1. The third kappa shape index (κ3) is 5.88. The standard InChI is InChI=1S/C24H32N8O2/c25-14-17-15-27-10-3-1-2-4-11-28-24(34)22-21(16-32(31-22)18-8-12-26-13-9-18)30-23(33)20-7-5-6-19(17)29-20/h5-7,14-16,18,26H,1-4,8-13,25H2,(H,28,34)(H,30,33). The molecule has 2 aliphatic rings. The topological polar surface area (TPSA) is 139 Å². The highest BCUT2D eigenvalue weighted by atomic mass is 16.2. The van der Waals surface area contributed by atoms with E-state index in [4.69, 9.17) is 5.73 Å². The average molecular weight is 465 g/mol. The van der Waals surface area contributed by atoms with Gasteiger partial charge in [0, 0.05) is 37.3 Å². The van der Waals surface area contributed by atoms with Crippen LogP contribution in [0.3, 0.4) is 0 Å². The summed E-state index contributed by atoms with van der Waals surface area (Å²) in [7, 11) is 0. The van der Waals surface area contributed by atoms with Crippen molar-refractivity contribution in [1.29, 1.82) is 0 Å². The summed E-state index contributed by atoms with van der Waals surface area (Å²) in [5, 5.41) is 13.7. The van der Waals surface area contributed by atoms with Gasteiger partial charge in [0.1, 0.15) is 5.69 Å². The lowest BCUT2D eigenvalue weighted by atomic mass is 10.1. The van der Waals surface area contributed by atoms with Crippen LogP contribution in [-0.4, -0.2) is 59.0 Å². The van der Waals surface area contributed by atoms with Gasteiger partial charge in [0.15, 0.2) is 5.69 Å². The summed E-state index contributed by atoms with van der Waals surface area (Å²) in [4.78, 5) is 35.0. The van der Waals surface area contributed by atoms with Crippen molar-refractivity contribution >= 4 is 29.3 Å². The van der Waals surface area contributed by atoms with E-state index in [2.05, 4.69) is 31.0 Å². The van der Waals surface area contributed by atoms with Crippen LogP contribution >= 0.6 is 0 Å². The number of aliphatic imine (C=N–C) groups is 1. The number of carbonyl (C=O) groups excluding carboxylic acids is 2. The molecule has 0 radical (unpaired) electrons. The molecule has 2 aliphatic heterocycles. The lowest BCUT2D eigenvalue weighted by Crippen LogP contribution is -2.30. The molecule has 4 rings (SSSR count). The first-order valence-electron chi connectivity index (χ1n) is 11.9. The lowest BCUT2D eigenvalue weighted by molar-refractivity contribution is 0.0947. The highest BCUT2D eigenvalue weighted by Crippen LogP contribution is 2.23. The van der Waals surface area contributed by atoms with Crippen molar-refractivity contribution in [3.8, 4) is 0 Å². The summed E-state index contributed by atoms with van der Waals surface area (Å²) >= 11 is 0. The van der Waals surface area contributed by atoms with Crippen LogP contribution in [0.25, 0.3) is 5.57 Å². The van der Waals surface area contributed by atoms with Gasteiger partial charge in [-0.15, -0.1) is 0 Å². The van der Waals surface area contributed by atoms with E-state index in [0.29, 0.717) is 30.0 Å². The van der Waals surface area contributed by atoms with E-state index in [1.54, 1.807) is 30.6 Å². The number of allylic oxidation sites excluding steroid dienone is 1. The average Bonchev–Trinajstić information content (AvgIpc) is 3.29. The Morgan fingerprint density at radius 3 is 2.62 bits per heavy atom. The van der Waals surface area contributed by atoms with Crippen LogP contribution < -0.4 is 21.7 Å². The van der Waals surface area contributed by atoms with E-state index in [0.717, 1.165) is 51.6 Å². The Kier molecular flexibility index (Phi) is 8.03. The van der Waals surface area contributed by atoms with Gasteiger partial charge in [-0.1, -0.05) is 18.9 Å². The summed E-state index contributed by atoms with van der Waals surface area (Å²) in [6.45, 7) is 3.02. The van der Waals surface area contributed by atoms with E-state index < -0.39 is 5.91 Å². The normalized spacial score (nSPS) is 20.2. The molecule has 4 heterocycles. The van der Waals surface area contributed by atoms with E-state index >= 15 is 0 Å². The summed E-state index contributed by atoms with van der Waals surface area (Å²) in [6.07, 6.45) is 10.6. The minimum Gasteiger partial charge on any atom is -0.404 e. The molecule has 34 heavy (non-hydrogen) atoms. The first-order chi connectivity index (χ1) is 16.7. The minimum absolute atomic E-state index is 0.179. The highest BCUT2D eigenvalue weighted by molar-refractivity contribution is 6.10. The van der Waals surface area contributed by atoms with Crippen molar-refractivity contribution in [3.05, 3.63) is 47.7 Å². The van der Waals surface area contributed by atoms with Gasteiger partial charge in [0.2, 0.25) is 0 Å². The molecule has 2 amide bonds. The Labute approximate surface area is 199 Å². The summed E-state index contributed by atoms with van der Waals surface area (Å²) < 4.78 is 1.81. The van der Waals surface area contributed by atoms with Gasteiger partial charge >= 0.3 is 0 Å². The van der Waals surface area contributed by atoms with Gasteiger partial charge in [-0.05, 0) is 50.9 Å². The number of piperidine rings is 1. The maximum atomic E-state index is 13.1. The number of hydrogen-bond donors (Lipinski definition) is 4. The SMILES string of the molecule is NC=C1C=NCCCCCCNC(=O)c2nn(C3CCNCC3)cc2NC(=O)c2cccc1n2. The predicted octanol–water partition coefficient (Wildman–Crippen LogP) is 2.13. The number of amides is 2. The maximum Gasteiger partial charge on any atom is 0.274 e. The Hall–Kier alpha value is -3.53. The Morgan fingerprint density at radius 1 is 1.00 bits per heavy atom. The molecule has 2 aromatic heterocycles. The number of rotatable bonds is 1. The zero-order chi connectivity index (χ0) is 23.8. The molecule has 10 nitrogen and oxygen atoms in total. The van der Waals surface area contributed by atoms with E-state index in [1.807, 2.05) is 4.68 Å². The van der Waals surface area contributed by atoms with Gasteiger partial charge < -0.3 is 21.7 Å². The lowest BCUT2D eigenvalue weighted by Gasteiger charge is -2.22. The molecule has 0 aliphatic carbocycles. The molecule has 0 atom stereocenters. The number of hydrogen-bond acceptors (Lipinski definition) is 7. The molecule has 2 bridgehead atoms. The molecule has 1 saturated heterocycles. The fourth-order valence-corrected chi connectivity index (χ4v) is 4.14. The zero-order valence-corrected chi connectivity index (χ0v) is 19.3. The van der Waals surface area contributed by atoms with Gasteiger partial charge in [-0.25, -0.2) is 4.98 Å². The second kappa shape index (κ2) is 11.6. The quantitative estimate of drug-likeness (QED) is 0.510. The molecule has 5 N–H and O–H groups in total. The Morgan fingerprint density at radius 2 is 1.79 bits per heavy atom. The van der Waals surface area contributed by atoms with Gasteiger partial charge in [-0.3, -0.25) is 19.3 Å². The summed E-state index contributed by atoms with van der Waals surface area (Å²) in [5.74, 6) is -0.709. The number of anilines is 1. The molecule has 10 heteroatoms. The van der Waals surface area contributed by atoms with E-state index in [9.17, 15) is 9.59 Å². The molecule has 2 aromatic rings. The molecular formula is C24H32N8O2. The molecule has 1 fully saturated rings. The monoisotopic (exact) mass is 464 g/mol. The number of fused-ring (bicyclic) bond motifs is 3. The molecule has 180 valence electrons. The Bertz CT molecular complexity index is 1070. The molecule has 0 aromatic carbocycles. The number of carbonyl (C=O) groups is 2. The number of nitrogens with zero attached hydrogens (tertiary/aromatic N) is 4. The smallest absolute Gasteiger partial charge is 0.274 e. The van der Waals surface area contributed by atoms with Gasteiger partial charge in [-0.2, -0.15) is 5.10 Å². The molecular weight excluding hydrogens is 432 g/mol. The fraction of sp³-hybridized carbons (Fsp3) is 0.458. The van der Waals surface area contributed by atoms with E-state index in [1.165, 1.54) is 6.20 Å². The number of nitrogens with one attached hydrogen (secondary N) is 3. The zero-order valence-electron chi connectivity index (χ0n) is 19.3. The Balaban J connectivity index is 1.65. The number of aromatic nitrogens is 3. The van der Waals surface area contributed by atoms with Crippen molar-refractivity contribution in [3.63, 3.8) is 0 Å². The van der Waals surface area contributed by atoms with Crippen molar-refractivity contribution in [2.45, 2.75) is 44.6 Å². The van der Waals surface area contributed by atoms with Crippen molar-refractivity contribution in [1.82, 2.24) is 25.4 Å². The number of nitrogens with two attached hydrogens (primary N) is 1. The van der Waals surface area contributed by atoms with Crippen LogP contribution in [-0.2, 0) is 0 Å². The van der Waals surface area contributed by atoms with Crippen LogP contribution in [0.1, 0.15) is 71.2 Å². The second-order valence-corrected chi connectivity index (χ2v) is 8.54. The van der Waals surface area contributed by atoms with Crippen molar-refractivity contribution in [2.75, 3.05) is 31.5 Å². The predicted molar refractivity (Wildman–Crippen MR) is 132 cm³/mol. The molecule has 0 unspecified atom stereocenters. The van der Waals surface area contributed by atoms with Crippen LogP contribution in [0.4, 0.5) is 5.69 Å². The first-order valence-corrected chi connectivity index (χ1v) is 11.9. The third-order valence-electron chi connectivity index (χ3n) is 6.07. The van der Waals surface area contributed by atoms with E-state index in [-0.39, 0.29) is 23.3 Å². The fourth-order valence-electron chi connectivity index (χ4n) is 4.14. The summed E-state index contributed by atoms with van der Waals surface area (Å²) in [6, 6.07) is 5.34. The van der Waals surface area contributed by atoms with Crippen molar-refractivity contribution in [2.24, 2.45) is 10.7 Å².